The molecule has 3 aliphatic rings. The maximum absolute atomic E-state index is 13.9. The van der Waals surface area contributed by atoms with E-state index in [9.17, 15) is 35.8 Å². The van der Waals surface area contributed by atoms with E-state index in [4.69, 9.17) is 5.73 Å². The number of pyridine rings is 1. The molecule has 0 unspecified atom stereocenters. The Hall–Kier alpha value is -2.37. The fourth-order valence-electron chi connectivity index (χ4n) is 3.96. The summed E-state index contributed by atoms with van der Waals surface area (Å²) in [4.78, 5) is 7.15. The van der Waals surface area contributed by atoms with Crippen LogP contribution in [-0.4, -0.2) is 31.5 Å². The third kappa shape index (κ3) is 2.73. The summed E-state index contributed by atoms with van der Waals surface area (Å²) in [6.45, 7) is 0. The second-order valence-corrected chi connectivity index (χ2v) is 7.36. The first kappa shape index (κ1) is 19.0. The molecule has 3 aliphatic carbocycles. The van der Waals surface area contributed by atoms with E-state index >= 15 is 0 Å². The van der Waals surface area contributed by atoms with Gasteiger partial charge in [0.2, 0.25) is 6.10 Å². The van der Waals surface area contributed by atoms with Crippen LogP contribution >= 0.6 is 0 Å². The quantitative estimate of drug-likeness (QED) is 0.756. The molecule has 0 aromatic carbocycles. The Morgan fingerprint density at radius 1 is 1.14 bits per heavy atom. The number of aliphatic hydroxyl groups excluding tert-OH is 1. The van der Waals surface area contributed by atoms with Crippen molar-refractivity contribution in [2.75, 3.05) is 5.73 Å². The van der Waals surface area contributed by atoms with E-state index in [1.54, 1.807) is 0 Å². The van der Waals surface area contributed by atoms with Crippen LogP contribution in [0.2, 0.25) is 0 Å². The first-order valence-corrected chi connectivity index (χ1v) is 8.11. The van der Waals surface area contributed by atoms with Gasteiger partial charge >= 0.3 is 12.4 Å². The topological polar surface area (TPSA) is 77.0 Å². The van der Waals surface area contributed by atoms with Gasteiger partial charge in [0.05, 0.1) is 16.8 Å². The van der Waals surface area contributed by atoms with Crippen LogP contribution in [0.15, 0.2) is 18.5 Å². The highest BCUT2D eigenvalue weighted by Crippen LogP contribution is 2.68. The Kier molecular flexibility index (Phi) is 3.63. The molecule has 2 aromatic heterocycles. The average Bonchev–Trinajstić information content (AvgIpc) is 2.93. The number of nitrogens with two attached hydrogens (primary N) is 1. The van der Waals surface area contributed by atoms with E-state index in [2.05, 4.69) is 9.97 Å². The van der Waals surface area contributed by atoms with E-state index < -0.39 is 46.9 Å². The fourth-order valence-corrected chi connectivity index (χ4v) is 3.96. The summed E-state index contributed by atoms with van der Waals surface area (Å²) in [7, 11) is 0. The summed E-state index contributed by atoms with van der Waals surface area (Å²) in [6.07, 6.45) is -10.9. The SMILES string of the molecule is Nc1ncc(-c2cn(C34CC(F)(C3)C4)c([C@@H](O)C(F)(F)F)n2)cc1C(F)(F)F. The lowest BCUT2D eigenvalue weighted by molar-refractivity contribution is -0.222. The third-order valence-electron chi connectivity index (χ3n) is 5.26. The minimum Gasteiger partial charge on any atom is -0.383 e. The molecular formula is C16H13F7N4O. The van der Waals surface area contributed by atoms with E-state index in [1.807, 2.05) is 0 Å². The number of rotatable bonds is 3. The number of nitrogen functional groups attached to an aromatic ring is 1. The van der Waals surface area contributed by atoms with Crippen molar-refractivity contribution in [2.24, 2.45) is 0 Å². The van der Waals surface area contributed by atoms with Crippen LogP contribution in [-0.2, 0) is 11.7 Å². The van der Waals surface area contributed by atoms with Gasteiger partial charge in [-0.3, -0.25) is 0 Å². The maximum Gasteiger partial charge on any atom is 0.421 e. The van der Waals surface area contributed by atoms with Crippen LogP contribution in [0.3, 0.4) is 0 Å². The molecule has 0 aliphatic heterocycles. The van der Waals surface area contributed by atoms with Gasteiger partial charge < -0.3 is 15.4 Å². The summed E-state index contributed by atoms with van der Waals surface area (Å²) >= 11 is 0. The van der Waals surface area contributed by atoms with Gasteiger partial charge in [0.1, 0.15) is 17.3 Å². The number of alkyl halides is 7. The van der Waals surface area contributed by atoms with Crippen LogP contribution in [0.25, 0.3) is 11.3 Å². The van der Waals surface area contributed by atoms with Crippen LogP contribution < -0.4 is 5.73 Å². The van der Waals surface area contributed by atoms with Crippen molar-refractivity contribution in [2.45, 2.75) is 48.9 Å². The maximum atomic E-state index is 13.9. The second kappa shape index (κ2) is 5.37. The van der Waals surface area contributed by atoms with E-state index in [-0.39, 0.29) is 30.5 Å². The van der Waals surface area contributed by atoms with Crippen LogP contribution in [0.5, 0.6) is 0 Å². The van der Waals surface area contributed by atoms with Crippen molar-refractivity contribution in [3.63, 3.8) is 0 Å². The van der Waals surface area contributed by atoms with Crippen LogP contribution in [0.4, 0.5) is 36.6 Å². The van der Waals surface area contributed by atoms with Crippen molar-refractivity contribution in [3.8, 4) is 11.3 Å². The number of aliphatic hydroxyl groups is 1. The van der Waals surface area contributed by atoms with E-state index in [1.165, 1.54) is 0 Å². The molecule has 12 heteroatoms. The van der Waals surface area contributed by atoms with Gasteiger partial charge in [-0.25, -0.2) is 14.4 Å². The number of anilines is 1. The Morgan fingerprint density at radius 2 is 1.75 bits per heavy atom. The summed E-state index contributed by atoms with van der Waals surface area (Å²) in [5, 5.41) is 9.67. The minimum atomic E-state index is -5.05. The molecule has 0 saturated heterocycles. The van der Waals surface area contributed by atoms with Crippen molar-refractivity contribution in [1.29, 1.82) is 0 Å². The molecule has 3 N–H and O–H groups in total. The molecule has 0 spiro atoms. The standard InChI is InChI=1S/C16H13F7N4O/c17-13-4-14(5-13,6-13)27-3-9(26-12(27)10(28)16(21,22)23)7-1-8(15(18,19)20)11(24)25-2-7/h1-3,10,28H,4-6H2,(H2,24,25)/t10-,13?,14?/m1/s1. The number of aromatic nitrogens is 3. The van der Waals surface area contributed by atoms with Gasteiger partial charge in [-0.2, -0.15) is 26.3 Å². The number of imidazole rings is 1. The lowest BCUT2D eigenvalue weighted by Gasteiger charge is -2.66. The van der Waals surface area contributed by atoms with E-state index in [0.717, 1.165) is 17.0 Å². The predicted octanol–water partition coefficient (Wildman–Crippen LogP) is 3.74. The number of hydrogen-bond acceptors (Lipinski definition) is 4. The van der Waals surface area contributed by atoms with Gasteiger partial charge in [0.15, 0.2) is 0 Å². The molecule has 2 bridgehead atoms. The Balaban J connectivity index is 1.81. The van der Waals surface area contributed by atoms with Gasteiger partial charge in [-0.15, -0.1) is 0 Å². The number of halogens is 7. The summed E-state index contributed by atoms with van der Waals surface area (Å²) < 4.78 is 93.1. The molecular weight excluding hydrogens is 397 g/mol. The first-order valence-electron chi connectivity index (χ1n) is 8.11. The third-order valence-corrected chi connectivity index (χ3v) is 5.26. The molecule has 3 saturated carbocycles. The largest absolute Gasteiger partial charge is 0.421 e. The molecule has 0 radical (unpaired) electrons. The number of nitrogens with zero attached hydrogens (tertiary/aromatic N) is 3. The molecule has 152 valence electrons. The molecule has 3 fully saturated rings. The highest BCUT2D eigenvalue weighted by Gasteiger charge is 2.71. The van der Waals surface area contributed by atoms with Gasteiger partial charge in [-0.05, 0) is 6.07 Å². The summed E-state index contributed by atoms with van der Waals surface area (Å²) in [5.41, 5.74) is 1.08. The normalized spacial score (nSPS) is 27.9. The smallest absolute Gasteiger partial charge is 0.383 e. The average molecular weight is 410 g/mol. The Labute approximate surface area is 153 Å². The Morgan fingerprint density at radius 3 is 2.25 bits per heavy atom. The zero-order valence-corrected chi connectivity index (χ0v) is 13.9. The highest BCUT2D eigenvalue weighted by molar-refractivity contribution is 5.62. The van der Waals surface area contributed by atoms with Crippen molar-refractivity contribution >= 4 is 5.82 Å². The van der Waals surface area contributed by atoms with Gasteiger partial charge in [0, 0.05) is 37.2 Å². The molecule has 0 amide bonds. The summed E-state index contributed by atoms with van der Waals surface area (Å²) in [6, 6.07) is 0.622. The number of hydrogen-bond donors (Lipinski definition) is 2. The van der Waals surface area contributed by atoms with Crippen LogP contribution in [0, 0.1) is 0 Å². The predicted molar refractivity (Wildman–Crippen MR) is 81.6 cm³/mol. The first-order chi connectivity index (χ1) is 12.7. The zero-order chi connectivity index (χ0) is 20.7. The molecule has 5 rings (SSSR count). The molecule has 2 aromatic rings. The lowest BCUT2D eigenvalue weighted by Crippen LogP contribution is -2.70. The fraction of sp³-hybridized carbons (Fsp3) is 0.500. The Bertz CT molecular complexity index is 930. The molecule has 5 nitrogen and oxygen atoms in total. The van der Waals surface area contributed by atoms with Crippen LogP contribution in [0.1, 0.15) is 36.8 Å². The van der Waals surface area contributed by atoms with Gasteiger partial charge in [-0.1, -0.05) is 0 Å². The van der Waals surface area contributed by atoms with Crippen molar-refractivity contribution in [3.05, 3.63) is 29.8 Å². The molecule has 28 heavy (non-hydrogen) atoms. The van der Waals surface area contributed by atoms with Crippen molar-refractivity contribution < 1.29 is 35.8 Å². The lowest BCUT2D eigenvalue weighted by atomic mass is 9.47. The zero-order valence-electron chi connectivity index (χ0n) is 13.9. The molecule has 2 heterocycles. The molecule has 1 atom stereocenters. The highest BCUT2D eigenvalue weighted by atomic mass is 19.4. The van der Waals surface area contributed by atoms with Gasteiger partial charge in [0.25, 0.3) is 0 Å². The van der Waals surface area contributed by atoms with E-state index in [0.29, 0.717) is 6.07 Å². The minimum absolute atomic E-state index is 0.0405. The monoisotopic (exact) mass is 410 g/mol. The summed E-state index contributed by atoms with van der Waals surface area (Å²) in [5.74, 6) is -1.58. The second-order valence-electron chi connectivity index (χ2n) is 7.36. The van der Waals surface area contributed by atoms with Crippen molar-refractivity contribution in [1.82, 2.24) is 14.5 Å².